The molecule has 0 saturated carbocycles. The molecule has 2 aliphatic rings. The molecule has 0 bridgehead atoms. The van der Waals surface area contributed by atoms with Crippen molar-refractivity contribution in [2.24, 2.45) is 5.92 Å². The molecular weight excluding hydrogens is 412 g/mol. The Balaban J connectivity index is 1.48. The maximum Gasteiger partial charge on any atom is 0.354 e. The topological polar surface area (TPSA) is 107 Å². The Labute approximate surface area is 177 Å². The van der Waals surface area contributed by atoms with E-state index in [1.807, 2.05) is 30.3 Å². The number of nitrogens with zero attached hydrogens (tertiary/aromatic N) is 1. The van der Waals surface area contributed by atoms with E-state index in [2.05, 4.69) is 5.32 Å². The SMILES string of the molecule is CC[C@H](O)[C@@H]1C(=O)N2C(C(=O)O)=C(SCCC(=O)NCCc3ccccc3)S[C@H]12. The largest absolute Gasteiger partial charge is 0.477 e. The number of carboxylic acids is 1. The minimum Gasteiger partial charge on any atom is -0.477 e. The first kappa shape index (κ1) is 21.7. The van der Waals surface area contributed by atoms with Crippen molar-refractivity contribution in [2.75, 3.05) is 12.3 Å². The van der Waals surface area contributed by atoms with Gasteiger partial charge >= 0.3 is 5.97 Å². The van der Waals surface area contributed by atoms with Crippen LogP contribution >= 0.6 is 23.5 Å². The minimum atomic E-state index is -1.16. The number of rotatable bonds is 10. The molecular formula is C20H24N2O5S2. The molecule has 2 heterocycles. The van der Waals surface area contributed by atoms with Crippen molar-refractivity contribution in [1.29, 1.82) is 0 Å². The number of aliphatic carboxylic acids is 1. The number of carbonyl (C=O) groups is 3. The summed E-state index contributed by atoms with van der Waals surface area (Å²) in [5.41, 5.74) is 1.12. The summed E-state index contributed by atoms with van der Waals surface area (Å²) in [6.07, 6.45) is 0.681. The Morgan fingerprint density at radius 3 is 2.69 bits per heavy atom. The van der Waals surface area contributed by atoms with Crippen LogP contribution < -0.4 is 5.32 Å². The molecule has 3 N–H and O–H groups in total. The fraction of sp³-hybridized carbons (Fsp3) is 0.450. The zero-order chi connectivity index (χ0) is 21.0. The summed E-state index contributed by atoms with van der Waals surface area (Å²) in [6, 6.07) is 9.87. The molecule has 7 nitrogen and oxygen atoms in total. The molecule has 0 aliphatic carbocycles. The highest BCUT2D eigenvalue weighted by Gasteiger charge is 2.58. The molecule has 1 saturated heterocycles. The van der Waals surface area contributed by atoms with Gasteiger partial charge in [0, 0.05) is 18.7 Å². The quantitative estimate of drug-likeness (QED) is 0.482. The highest BCUT2D eigenvalue weighted by Crippen LogP contribution is 2.54. The first-order valence-electron chi connectivity index (χ1n) is 9.52. The minimum absolute atomic E-state index is 0.0287. The number of carbonyl (C=O) groups excluding carboxylic acids is 2. The maximum absolute atomic E-state index is 12.3. The van der Waals surface area contributed by atoms with Gasteiger partial charge in [-0.2, -0.15) is 0 Å². The van der Waals surface area contributed by atoms with Crippen molar-refractivity contribution in [3.05, 3.63) is 45.8 Å². The van der Waals surface area contributed by atoms with Gasteiger partial charge in [0.05, 0.1) is 16.3 Å². The molecule has 1 aromatic rings. The molecule has 0 unspecified atom stereocenters. The summed E-state index contributed by atoms with van der Waals surface area (Å²) < 4.78 is 0.527. The zero-order valence-electron chi connectivity index (χ0n) is 16.0. The van der Waals surface area contributed by atoms with Crippen LogP contribution in [-0.4, -0.2) is 56.7 Å². The third-order valence-corrected chi connectivity index (χ3v) is 7.58. The normalized spacial score (nSPS) is 21.6. The molecule has 0 spiro atoms. The van der Waals surface area contributed by atoms with Gasteiger partial charge in [-0.1, -0.05) is 49.0 Å². The van der Waals surface area contributed by atoms with Gasteiger partial charge in [0.2, 0.25) is 11.8 Å². The molecule has 29 heavy (non-hydrogen) atoms. The van der Waals surface area contributed by atoms with E-state index in [4.69, 9.17) is 0 Å². The van der Waals surface area contributed by atoms with Crippen molar-refractivity contribution in [3.8, 4) is 0 Å². The van der Waals surface area contributed by atoms with Crippen LogP contribution in [0.25, 0.3) is 0 Å². The molecule has 2 amide bonds. The maximum atomic E-state index is 12.3. The number of thioether (sulfide) groups is 2. The number of fused-ring (bicyclic) bond motifs is 1. The molecule has 2 aliphatic heterocycles. The van der Waals surface area contributed by atoms with Crippen molar-refractivity contribution in [1.82, 2.24) is 10.2 Å². The Morgan fingerprint density at radius 1 is 1.31 bits per heavy atom. The van der Waals surface area contributed by atoms with E-state index >= 15 is 0 Å². The van der Waals surface area contributed by atoms with E-state index in [1.54, 1.807) is 6.92 Å². The van der Waals surface area contributed by atoms with Crippen LogP contribution in [0.4, 0.5) is 0 Å². The Bertz CT molecular complexity index is 814. The number of aliphatic hydroxyl groups excluding tert-OH is 1. The average molecular weight is 437 g/mol. The Kier molecular flexibility index (Phi) is 7.26. The molecule has 3 atom stereocenters. The Morgan fingerprint density at radius 2 is 2.03 bits per heavy atom. The van der Waals surface area contributed by atoms with Gasteiger partial charge in [0.1, 0.15) is 5.37 Å². The number of amides is 2. The average Bonchev–Trinajstić information content (AvgIpc) is 3.03. The van der Waals surface area contributed by atoms with Gasteiger partial charge < -0.3 is 15.5 Å². The van der Waals surface area contributed by atoms with Crippen molar-refractivity contribution < 1.29 is 24.6 Å². The number of benzene rings is 1. The fourth-order valence-corrected chi connectivity index (χ4v) is 6.22. The van der Waals surface area contributed by atoms with Crippen LogP contribution in [0.15, 0.2) is 40.3 Å². The summed E-state index contributed by atoms with van der Waals surface area (Å²) in [5, 5.41) is 22.1. The summed E-state index contributed by atoms with van der Waals surface area (Å²) in [4.78, 5) is 37.2. The van der Waals surface area contributed by atoms with E-state index in [1.165, 1.54) is 28.4 Å². The monoisotopic (exact) mass is 436 g/mol. The lowest BCUT2D eigenvalue weighted by atomic mass is 9.90. The van der Waals surface area contributed by atoms with E-state index in [9.17, 15) is 24.6 Å². The molecule has 9 heteroatoms. The number of hydrogen-bond acceptors (Lipinski definition) is 6. The number of hydrogen-bond donors (Lipinski definition) is 3. The summed E-state index contributed by atoms with van der Waals surface area (Å²) in [5.74, 6) is -1.74. The molecule has 0 aromatic heterocycles. The summed E-state index contributed by atoms with van der Waals surface area (Å²) in [6.45, 7) is 2.34. The van der Waals surface area contributed by atoms with E-state index < -0.39 is 18.0 Å². The van der Waals surface area contributed by atoms with Crippen molar-refractivity contribution >= 4 is 41.3 Å². The lowest BCUT2D eigenvalue weighted by molar-refractivity contribution is -0.157. The number of carboxylic acid groups (broad SMARTS) is 1. The first-order valence-corrected chi connectivity index (χ1v) is 11.4. The molecule has 1 aromatic carbocycles. The Hall–Kier alpha value is -1.97. The van der Waals surface area contributed by atoms with Gasteiger partial charge in [-0.05, 0) is 18.4 Å². The second kappa shape index (κ2) is 9.69. The predicted octanol–water partition coefficient (Wildman–Crippen LogP) is 2.02. The van der Waals surface area contributed by atoms with E-state index in [0.717, 1.165) is 12.0 Å². The summed E-state index contributed by atoms with van der Waals surface area (Å²) >= 11 is 2.57. The van der Waals surface area contributed by atoms with Gasteiger partial charge in [-0.25, -0.2) is 4.79 Å². The number of β-lactam (4-membered cyclic amide) rings is 1. The first-order chi connectivity index (χ1) is 13.9. The van der Waals surface area contributed by atoms with Crippen molar-refractivity contribution in [3.63, 3.8) is 0 Å². The summed E-state index contributed by atoms with van der Waals surface area (Å²) in [7, 11) is 0. The molecule has 156 valence electrons. The van der Waals surface area contributed by atoms with Crippen LogP contribution in [0.5, 0.6) is 0 Å². The lowest BCUT2D eigenvalue weighted by Crippen LogP contribution is -2.61. The number of nitrogens with one attached hydrogen (secondary N) is 1. The number of aliphatic hydroxyl groups is 1. The van der Waals surface area contributed by atoms with Gasteiger partial charge in [-0.15, -0.1) is 11.8 Å². The third kappa shape index (κ3) is 4.79. The van der Waals surface area contributed by atoms with Crippen molar-refractivity contribution in [2.45, 2.75) is 37.7 Å². The smallest absolute Gasteiger partial charge is 0.354 e. The van der Waals surface area contributed by atoms with Gasteiger partial charge in [-0.3, -0.25) is 14.5 Å². The standard InChI is InChI=1S/C20H24N2O5S2/c1-2-13(23)15-17(25)22-16(19(26)27)20(29-18(15)22)28-11-9-14(24)21-10-8-12-6-4-3-5-7-12/h3-7,13,15,18,23H,2,8-11H2,1H3,(H,21,24)(H,26,27)/t13-,15+,18+/m0/s1. The second-order valence-electron chi connectivity index (χ2n) is 6.84. The van der Waals surface area contributed by atoms with Crippen LogP contribution in [-0.2, 0) is 20.8 Å². The highest BCUT2D eigenvalue weighted by atomic mass is 32.2. The third-order valence-electron chi connectivity index (χ3n) is 4.92. The van der Waals surface area contributed by atoms with Crippen LogP contribution in [0.2, 0.25) is 0 Å². The second-order valence-corrected chi connectivity index (χ2v) is 9.33. The van der Waals surface area contributed by atoms with Crippen LogP contribution in [0.1, 0.15) is 25.3 Å². The van der Waals surface area contributed by atoms with E-state index in [0.29, 0.717) is 23.0 Å². The molecule has 3 rings (SSSR count). The van der Waals surface area contributed by atoms with E-state index in [-0.39, 0.29) is 29.3 Å². The predicted molar refractivity (Wildman–Crippen MR) is 113 cm³/mol. The van der Waals surface area contributed by atoms with Crippen LogP contribution in [0, 0.1) is 5.92 Å². The van der Waals surface area contributed by atoms with Gasteiger partial charge in [0.25, 0.3) is 0 Å². The fourth-order valence-electron chi connectivity index (χ4n) is 3.33. The molecule has 1 fully saturated rings. The zero-order valence-corrected chi connectivity index (χ0v) is 17.7. The highest BCUT2D eigenvalue weighted by molar-refractivity contribution is 8.22. The molecule has 0 radical (unpaired) electrons. The van der Waals surface area contributed by atoms with Gasteiger partial charge in [0.15, 0.2) is 5.70 Å². The van der Waals surface area contributed by atoms with Crippen LogP contribution in [0.3, 0.4) is 0 Å². The lowest BCUT2D eigenvalue weighted by Gasteiger charge is -2.44.